The van der Waals surface area contributed by atoms with Crippen LogP contribution in [0.25, 0.3) is 0 Å². The molecule has 5 heteroatoms. The smallest absolute Gasteiger partial charge is 0.310 e. The molecule has 0 atom stereocenters. The maximum absolute atomic E-state index is 13.2. The molecular weight excluding hydrogens is 206 g/mol. The van der Waals surface area contributed by atoms with Crippen LogP contribution in [0.5, 0.6) is 5.75 Å². The summed E-state index contributed by atoms with van der Waals surface area (Å²) in [5.41, 5.74) is -0.0845. The summed E-state index contributed by atoms with van der Waals surface area (Å²) < 4.78 is 35.3. The van der Waals surface area contributed by atoms with Gasteiger partial charge in [-0.05, 0) is 6.07 Å². The van der Waals surface area contributed by atoms with E-state index < -0.39 is 17.6 Å². The first-order chi connectivity index (χ1) is 7.08. The second kappa shape index (κ2) is 4.72. The van der Waals surface area contributed by atoms with Crippen LogP contribution in [-0.4, -0.2) is 20.2 Å². The Morgan fingerprint density at radius 1 is 1.33 bits per heavy atom. The van der Waals surface area contributed by atoms with Gasteiger partial charge in [0.1, 0.15) is 5.75 Å². The van der Waals surface area contributed by atoms with Crippen molar-refractivity contribution >= 4 is 5.97 Å². The van der Waals surface area contributed by atoms with Crippen LogP contribution in [-0.2, 0) is 16.0 Å². The minimum atomic E-state index is -1.05. The summed E-state index contributed by atoms with van der Waals surface area (Å²) >= 11 is 0. The Labute approximate surface area is 85.6 Å². The fourth-order valence-corrected chi connectivity index (χ4v) is 1.09. The summed E-state index contributed by atoms with van der Waals surface area (Å²) in [5.74, 6) is -2.58. The van der Waals surface area contributed by atoms with Gasteiger partial charge in [0.25, 0.3) is 0 Å². The van der Waals surface area contributed by atoms with E-state index in [1.54, 1.807) is 0 Å². The fraction of sp³-hybridized carbons (Fsp3) is 0.300. The van der Waals surface area contributed by atoms with Crippen molar-refractivity contribution in [2.45, 2.75) is 6.42 Å². The van der Waals surface area contributed by atoms with Crippen LogP contribution in [0, 0.1) is 11.6 Å². The molecule has 0 aromatic heterocycles. The topological polar surface area (TPSA) is 35.5 Å². The number of rotatable bonds is 3. The van der Waals surface area contributed by atoms with Gasteiger partial charge in [0.15, 0.2) is 11.6 Å². The number of hydrogen-bond acceptors (Lipinski definition) is 3. The van der Waals surface area contributed by atoms with Crippen LogP contribution in [0.1, 0.15) is 5.56 Å². The number of carbonyl (C=O) groups is 1. The van der Waals surface area contributed by atoms with Crippen molar-refractivity contribution in [3.05, 3.63) is 29.3 Å². The lowest BCUT2D eigenvalue weighted by molar-refractivity contribution is -0.139. The van der Waals surface area contributed by atoms with Crippen molar-refractivity contribution in [3.8, 4) is 5.75 Å². The zero-order valence-corrected chi connectivity index (χ0v) is 8.34. The predicted octanol–water partition coefficient (Wildman–Crippen LogP) is 1.69. The lowest BCUT2D eigenvalue weighted by Gasteiger charge is -2.06. The van der Waals surface area contributed by atoms with E-state index >= 15 is 0 Å². The minimum absolute atomic E-state index is 0.0845. The molecule has 0 aliphatic carbocycles. The van der Waals surface area contributed by atoms with Crippen LogP contribution >= 0.6 is 0 Å². The highest BCUT2D eigenvalue weighted by atomic mass is 19.2. The zero-order chi connectivity index (χ0) is 11.4. The van der Waals surface area contributed by atoms with Crippen LogP contribution in [0.2, 0.25) is 0 Å². The summed E-state index contributed by atoms with van der Waals surface area (Å²) in [5, 5.41) is 0. The number of esters is 1. The summed E-state index contributed by atoms with van der Waals surface area (Å²) in [6.07, 6.45) is -0.323. The van der Waals surface area contributed by atoms with Gasteiger partial charge >= 0.3 is 5.97 Å². The molecule has 1 rings (SSSR count). The van der Waals surface area contributed by atoms with Crippen molar-refractivity contribution in [3.63, 3.8) is 0 Å². The molecule has 0 unspecified atom stereocenters. The van der Waals surface area contributed by atoms with E-state index in [-0.39, 0.29) is 17.7 Å². The number of carbonyl (C=O) groups excluding carboxylic acids is 1. The lowest BCUT2D eigenvalue weighted by Crippen LogP contribution is -2.07. The maximum atomic E-state index is 13.2. The molecule has 1 aromatic carbocycles. The van der Waals surface area contributed by atoms with E-state index in [0.29, 0.717) is 0 Å². The van der Waals surface area contributed by atoms with Crippen LogP contribution in [0.4, 0.5) is 8.78 Å². The number of methoxy groups -OCH3 is 2. The third kappa shape index (κ3) is 2.65. The van der Waals surface area contributed by atoms with Crippen LogP contribution < -0.4 is 4.74 Å². The van der Waals surface area contributed by atoms with E-state index in [4.69, 9.17) is 4.74 Å². The van der Waals surface area contributed by atoms with E-state index in [9.17, 15) is 13.6 Å². The van der Waals surface area contributed by atoms with E-state index in [0.717, 1.165) is 6.07 Å². The summed E-state index contributed by atoms with van der Waals surface area (Å²) in [4.78, 5) is 10.9. The van der Waals surface area contributed by atoms with Crippen molar-refractivity contribution in [2.24, 2.45) is 0 Å². The van der Waals surface area contributed by atoms with Gasteiger partial charge < -0.3 is 9.47 Å². The molecule has 3 nitrogen and oxygen atoms in total. The molecule has 0 amide bonds. The number of hydrogen-bond donors (Lipinski definition) is 0. The van der Waals surface area contributed by atoms with Crippen molar-refractivity contribution in [2.75, 3.05) is 14.2 Å². The Morgan fingerprint density at radius 3 is 2.53 bits per heavy atom. The minimum Gasteiger partial charge on any atom is -0.497 e. The van der Waals surface area contributed by atoms with Crippen molar-refractivity contribution < 1.29 is 23.0 Å². The monoisotopic (exact) mass is 216 g/mol. The normalized spacial score (nSPS) is 9.87. The molecule has 0 fully saturated rings. The highest BCUT2D eigenvalue weighted by Gasteiger charge is 2.14. The second-order valence-electron chi connectivity index (χ2n) is 2.84. The second-order valence-corrected chi connectivity index (χ2v) is 2.84. The number of halogens is 2. The van der Waals surface area contributed by atoms with Gasteiger partial charge in [0.2, 0.25) is 0 Å². The summed E-state index contributed by atoms with van der Waals surface area (Å²) in [6.45, 7) is 0. The molecule has 0 spiro atoms. The first-order valence-electron chi connectivity index (χ1n) is 4.17. The number of benzene rings is 1. The SMILES string of the molecule is COC(=O)Cc1cc(OC)cc(F)c1F. The third-order valence-corrected chi connectivity index (χ3v) is 1.88. The Hall–Kier alpha value is -1.65. The Bertz CT molecular complexity index is 377. The molecule has 0 aliphatic heterocycles. The zero-order valence-electron chi connectivity index (χ0n) is 8.34. The van der Waals surface area contributed by atoms with E-state index in [1.807, 2.05) is 0 Å². The van der Waals surface area contributed by atoms with Gasteiger partial charge in [-0.1, -0.05) is 0 Å². The van der Waals surface area contributed by atoms with Crippen LogP contribution in [0.15, 0.2) is 12.1 Å². The molecule has 0 aliphatic rings. The molecule has 0 bridgehead atoms. The molecule has 0 radical (unpaired) electrons. The van der Waals surface area contributed by atoms with Gasteiger partial charge in [-0.25, -0.2) is 8.78 Å². The van der Waals surface area contributed by atoms with E-state index in [1.165, 1.54) is 20.3 Å². The molecule has 0 heterocycles. The van der Waals surface area contributed by atoms with Gasteiger partial charge in [-0.15, -0.1) is 0 Å². The highest BCUT2D eigenvalue weighted by molar-refractivity contribution is 5.72. The average molecular weight is 216 g/mol. The Balaban J connectivity index is 3.05. The lowest BCUT2D eigenvalue weighted by atomic mass is 10.1. The van der Waals surface area contributed by atoms with Gasteiger partial charge in [0.05, 0.1) is 20.6 Å². The van der Waals surface area contributed by atoms with Crippen molar-refractivity contribution in [1.29, 1.82) is 0 Å². The third-order valence-electron chi connectivity index (χ3n) is 1.88. The van der Waals surface area contributed by atoms with E-state index in [2.05, 4.69) is 4.74 Å². The molecule has 0 saturated heterocycles. The summed E-state index contributed by atoms with van der Waals surface area (Å²) in [7, 11) is 2.51. The standard InChI is InChI=1S/C10H10F2O3/c1-14-7-3-6(4-9(13)15-2)10(12)8(11)5-7/h3,5H,4H2,1-2H3. The van der Waals surface area contributed by atoms with Gasteiger partial charge in [-0.3, -0.25) is 4.79 Å². The number of ether oxygens (including phenoxy) is 2. The Kier molecular flexibility index (Phi) is 3.60. The molecule has 0 saturated carbocycles. The van der Waals surface area contributed by atoms with Gasteiger partial charge in [-0.2, -0.15) is 0 Å². The predicted molar refractivity (Wildman–Crippen MR) is 48.6 cm³/mol. The fourth-order valence-electron chi connectivity index (χ4n) is 1.09. The summed E-state index contributed by atoms with van der Waals surface area (Å²) in [6, 6.07) is 2.17. The van der Waals surface area contributed by atoms with Gasteiger partial charge in [0, 0.05) is 11.6 Å². The first kappa shape index (κ1) is 11.4. The molecular formula is C10H10F2O3. The Morgan fingerprint density at radius 2 is 2.00 bits per heavy atom. The molecule has 0 N–H and O–H groups in total. The first-order valence-corrected chi connectivity index (χ1v) is 4.17. The molecule has 82 valence electrons. The molecule has 15 heavy (non-hydrogen) atoms. The highest BCUT2D eigenvalue weighted by Crippen LogP contribution is 2.20. The largest absolute Gasteiger partial charge is 0.497 e. The average Bonchev–Trinajstić information content (AvgIpc) is 2.24. The van der Waals surface area contributed by atoms with Crippen molar-refractivity contribution in [1.82, 2.24) is 0 Å². The maximum Gasteiger partial charge on any atom is 0.310 e. The molecule has 1 aromatic rings. The quantitative estimate of drug-likeness (QED) is 0.721. The van der Waals surface area contributed by atoms with Crippen LogP contribution in [0.3, 0.4) is 0 Å².